The number of likely N-dealkylation sites (N-methyl/N-ethyl adjacent to an activating group) is 1. The molecule has 0 aliphatic carbocycles. The van der Waals surface area contributed by atoms with Crippen LogP contribution < -0.4 is 20.4 Å². The number of hydrogen-bond acceptors (Lipinski definition) is 9. The van der Waals surface area contributed by atoms with Gasteiger partial charge in [0.2, 0.25) is 17.8 Å². The smallest absolute Gasteiger partial charge is 0.251 e. The Balaban J connectivity index is 1.28. The minimum Gasteiger partial charge on any atom is -0.508 e. The molecular formula is C26H32N8O2. The highest BCUT2D eigenvalue weighted by molar-refractivity contribution is 5.94. The molecule has 1 amide bonds. The van der Waals surface area contributed by atoms with E-state index in [2.05, 4.69) is 42.3 Å². The fourth-order valence-corrected chi connectivity index (χ4v) is 4.56. The van der Waals surface area contributed by atoms with E-state index in [0.29, 0.717) is 35.5 Å². The van der Waals surface area contributed by atoms with Gasteiger partial charge in [0.15, 0.2) is 0 Å². The summed E-state index contributed by atoms with van der Waals surface area (Å²) in [6.07, 6.45) is 0.792. The maximum absolute atomic E-state index is 12.7. The molecule has 1 saturated heterocycles. The molecule has 3 N–H and O–H groups in total. The van der Waals surface area contributed by atoms with Crippen molar-refractivity contribution >= 4 is 23.8 Å². The van der Waals surface area contributed by atoms with Crippen LogP contribution in [-0.4, -0.2) is 77.7 Å². The first-order valence-electron chi connectivity index (χ1n) is 12.3. The molecular weight excluding hydrogens is 456 g/mol. The van der Waals surface area contributed by atoms with Crippen molar-refractivity contribution in [1.82, 2.24) is 25.2 Å². The number of rotatable bonds is 6. The second-order valence-corrected chi connectivity index (χ2v) is 9.27. The molecule has 3 aromatic rings. The summed E-state index contributed by atoms with van der Waals surface area (Å²) in [6.45, 7) is 5.45. The molecule has 1 aromatic heterocycles. The van der Waals surface area contributed by atoms with Crippen LogP contribution in [0.4, 0.5) is 17.8 Å². The van der Waals surface area contributed by atoms with E-state index in [1.165, 1.54) is 0 Å². The molecule has 0 spiro atoms. The number of fused-ring (bicyclic) bond motifs is 1. The Labute approximate surface area is 211 Å². The SMILES string of the molecule is CNc1nc(N2CCN(C)CC2)nc(N2CCc3cc(C(=O)NCc4ccccc4O)ccc3C2)n1. The highest BCUT2D eigenvalue weighted by atomic mass is 16.3. The van der Waals surface area contributed by atoms with Crippen molar-refractivity contribution in [1.29, 1.82) is 0 Å². The minimum atomic E-state index is -0.156. The highest BCUT2D eigenvalue weighted by Crippen LogP contribution is 2.25. The second kappa shape index (κ2) is 10.4. The van der Waals surface area contributed by atoms with Crippen molar-refractivity contribution in [2.45, 2.75) is 19.5 Å². The van der Waals surface area contributed by atoms with Gasteiger partial charge in [-0.1, -0.05) is 24.3 Å². The van der Waals surface area contributed by atoms with E-state index in [4.69, 9.17) is 4.98 Å². The van der Waals surface area contributed by atoms with Crippen LogP contribution in [0.3, 0.4) is 0 Å². The summed E-state index contributed by atoms with van der Waals surface area (Å²) in [5, 5.41) is 15.9. The molecule has 0 unspecified atom stereocenters. The van der Waals surface area contributed by atoms with Gasteiger partial charge in [-0.05, 0) is 42.8 Å². The Kier molecular flexibility index (Phi) is 6.86. The number of phenols is 1. The van der Waals surface area contributed by atoms with Crippen LogP contribution in [-0.2, 0) is 19.5 Å². The zero-order chi connectivity index (χ0) is 25.1. The summed E-state index contributed by atoms with van der Waals surface area (Å²) in [5.74, 6) is 1.96. The van der Waals surface area contributed by atoms with Gasteiger partial charge in [0.1, 0.15) is 5.75 Å². The standard InChI is InChI=1S/C26H32N8O2/c1-27-24-29-25(33-13-11-32(2)12-14-33)31-26(30-24)34-10-9-18-15-19(7-8-21(18)17-34)23(36)28-16-20-5-3-4-6-22(20)35/h3-8,15,35H,9-14,16-17H2,1-2H3,(H,28,36)(H,27,29,30,31). The summed E-state index contributed by atoms with van der Waals surface area (Å²) in [4.78, 5) is 33.5. The molecule has 1 fully saturated rings. The number of piperazine rings is 1. The quantitative estimate of drug-likeness (QED) is 0.479. The first kappa shape index (κ1) is 23.8. The Bertz CT molecular complexity index is 1240. The fourth-order valence-electron chi connectivity index (χ4n) is 4.56. The van der Waals surface area contributed by atoms with E-state index < -0.39 is 0 Å². The Morgan fingerprint density at radius 1 is 0.944 bits per heavy atom. The summed E-state index contributed by atoms with van der Waals surface area (Å²) in [5.41, 5.74) is 3.62. The topological polar surface area (TPSA) is 110 Å². The lowest BCUT2D eigenvalue weighted by Crippen LogP contribution is -2.45. The van der Waals surface area contributed by atoms with Gasteiger partial charge in [0, 0.05) is 64.0 Å². The summed E-state index contributed by atoms with van der Waals surface area (Å²) < 4.78 is 0. The number of carbonyl (C=O) groups is 1. The molecule has 0 bridgehead atoms. The number of aromatic nitrogens is 3. The summed E-state index contributed by atoms with van der Waals surface area (Å²) in [6, 6.07) is 12.8. The normalized spacial score (nSPS) is 15.9. The average Bonchev–Trinajstić information content (AvgIpc) is 2.92. The van der Waals surface area contributed by atoms with Gasteiger partial charge >= 0.3 is 0 Å². The van der Waals surface area contributed by atoms with Crippen LogP contribution in [0, 0.1) is 0 Å². The van der Waals surface area contributed by atoms with E-state index in [1.807, 2.05) is 31.3 Å². The maximum Gasteiger partial charge on any atom is 0.251 e. The van der Waals surface area contributed by atoms with Gasteiger partial charge in [-0.25, -0.2) is 0 Å². The number of anilines is 3. The first-order chi connectivity index (χ1) is 17.5. The van der Waals surface area contributed by atoms with Crippen molar-refractivity contribution in [3.63, 3.8) is 0 Å². The molecule has 2 aliphatic heterocycles. The molecule has 2 aliphatic rings. The lowest BCUT2D eigenvalue weighted by molar-refractivity contribution is 0.0950. The molecule has 3 heterocycles. The second-order valence-electron chi connectivity index (χ2n) is 9.27. The van der Waals surface area contributed by atoms with Crippen molar-refractivity contribution in [2.24, 2.45) is 0 Å². The van der Waals surface area contributed by atoms with Crippen molar-refractivity contribution < 1.29 is 9.90 Å². The Morgan fingerprint density at radius 2 is 1.69 bits per heavy atom. The molecule has 10 nitrogen and oxygen atoms in total. The third-order valence-electron chi connectivity index (χ3n) is 6.82. The number of nitrogens with one attached hydrogen (secondary N) is 2. The van der Waals surface area contributed by atoms with Gasteiger partial charge in [0.05, 0.1) is 0 Å². The monoisotopic (exact) mass is 488 g/mol. The van der Waals surface area contributed by atoms with Crippen LogP contribution in [0.2, 0.25) is 0 Å². The van der Waals surface area contributed by atoms with Crippen LogP contribution in [0.5, 0.6) is 5.75 Å². The van der Waals surface area contributed by atoms with Crippen LogP contribution in [0.15, 0.2) is 42.5 Å². The fraction of sp³-hybridized carbons (Fsp3) is 0.385. The summed E-state index contributed by atoms with van der Waals surface area (Å²) >= 11 is 0. The molecule has 0 saturated carbocycles. The number of carbonyl (C=O) groups excluding carboxylic acids is 1. The number of para-hydroxylation sites is 1. The van der Waals surface area contributed by atoms with Crippen molar-refractivity contribution in [3.05, 3.63) is 64.7 Å². The predicted molar refractivity (Wildman–Crippen MR) is 140 cm³/mol. The van der Waals surface area contributed by atoms with E-state index in [1.54, 1.807) is 18.2 Å². The maximum atomic E-state index is 12.7. The zero-order valence-corrected chi connectivity index (χ0v) is 20.7. The van der Waals surface area contributed by atoms with E-state index in [9.17, 15) is 9.90 Å². The molecule has 5 rings (SSSR count). The van der Waals surface area contributed by atoms with Gasteiger partial charge in [0.25, 0.3) is 5.91 Å². The lowest BCUT2D eigenvalue weighted by atomic mass is 9.97. The summed E-state index contributed by atoms with van der Waals surface area (Å²) in [7, 11) is 3.95. The average molecular weight is 489 g/mol. The Morgan fingerprint density at radius 3 is 2.44 bits per heavy atom. The predicted octanol–water partition coefficient (Wildman–Crippen LogP) is 1.86. The Hall–Kier alpha value is -3.92. The van der Waals surface area contributed by atoms with Gasteiger partial charge < -0.3 is 30.4 Å². The molecule has 188 valence electrons. The number of phenolic OH excluding ortho intramolecular Hbond substituents is 1. The first-order valence-corrected chi connectivity index (χ1v) is 12.3. The van der Waals surface area contributed by atoms with Gasteiger partial charge in [-0.2, -0.15) is 15.0 Å². The van der Waals surface area contributed by atoms with Gasteiger partial charge in [-0.3, -0.25) is 4.79 Å². The largest absolute Gasteiger partial charge is 0.508 e. The number of hydrogen-bond donors (Lipinski definition) is 3. The van der Waals surface area contributed by atoms with Crippen LogP contribution >= 0.6 is 0 Å². The van der Waals surface area contributed by atoms with E-state index >= 15 is 0 Å². The van der Waals surface area contributed by atoms with Crippen LogP contribution in [0.25, 0.3) is 0 Å². The van der Waals surface area contributed by atoms with E-state index in [0.717, 1.165) is 50.3 Å². The number of amides is 1. The number of benzene rings is 2. The zero-order valence-electron chi connectivity index (χ0n) is 20.7. The van der Waals surface area contributed by atoms with Gasteiger partial charge in [-0.15, -0.1) is 0 Å². The number of nitrogens with zero attached hydrogens (tertiary/aromatic N) is 6. The molecule has 0 radical (unpaired) electrons. The third-order valence-corrected chi connectivity index (χ3v) is 6.82. The minimum absolute atomic E-state index is 0.156. The molecule has 2 aromatic carbocycles. The molecule has 36 heavy (non-hydrogen) atoms. The highest BCUT2D eigenvalue weighted by Gasteiger charge is 2.23. The third kappa shape index (κ3) is 5.18. The number of aromatic hydroxyl groups is 1. The van der Waals surface area contributed by atoms with E-state index in [-0.39, 0.29) is 18.2 Å². The van der Waals surface area contributed by atoms with Crippen molar-refractivity contribution in [3.8, 4) is 5.75 Å². The van der Waals surface area contributed by atoms with Crippen LogP contribution in [0.1, 0.15) is 27.0 Å². The molecule has 10 heteroatoms. The van der Waals surface area contributed by atoms with Crippen molar-refractivity contribution in [2.75, 3.05) is 61.9 Å². The lowest BCUT2D eigenvalue weighted by Gasteiger charge is -2.33. The molecule has 0 atom stereocenters.